The number of carbonyl (C=O) groups is 1. The fraction of sp³-hybridized carbons (Fsp3) is 0.167. The quantitative estimate of drug-likeness (QED) is 0.719. The first kappa shape index (κ1) is 13.1. The third kappa shape index (κ3) is 2.54. The first-order valence-corrected chi connectivity index (χ1v) is 8.16. The Kier molecular flexibility index (Phi) is 3.60. The van der Waals surface area contributed by atoms with E-state index in [0.717, 1.165) is 26.2 Å². The van der Waals surface area contributed by atoms with E-state index in [4.69, 9.17) is 9.47 Å². The van der Waals surface area contributed by atoms with Crippen LogP contribution in [0.3, 0.4) is 0 Å². The van der Waals surface area contributed by atoms with Gasteiger partial charge < -0.3 is 9.47 Å². The van der Waals surface area contributed by atoms with Crippen LogP contribution in [0.15, 0.2) is 27.3 Å². The van der Waals surface area contributed by atoms with Gasteiger partial charge in [-0.15, -0.1) is 11.8 Å². The van der Waals surface area contributed by atoms with Crippen LogP contribution in [0.2, 0.25) is 0 Å². The smallest absolute Gasteiger partial charge is 0.244 e. The molecular weight excluding hydrogens is 350 g/mol. The van der Waals surface area contributed by atoms with E-state index >= 15 is 0 Å². The molecule has 2 heterocycles. The van der Waals surface area contributed by atoms with Crippen LogP contribution >= 0.6 is 39.5 Å². The molecule has 7 heteroatoms. The van der Waals surface area contributed by atoms with Crippen molar-refractivity contribution in [3.63, 3.8) is 0 Å². The Bertz CT molecular complexity index is 628. The van der Waals surface area contributed by atoms with Gasteiger partial charge in [-0.25, -0.2) is 4.99 Å². The van der Waals surface area contributed by atoms with E-state index < -0.39 is 0 Å². The second kappa shape index (κ2) is 5.22. The van der Waals surface area contributed by atoms with Crippen LogP contribution in [0.1, 0.15) is 5.56 Å². The molecule has 0 unspecified atom stereocenters. The highest BCUT2D eigenvalue weighted by Gasteiger charge is 2.22. The van der Waals surface area contributed by atoms with E-state index in [1.807, 2.05) is 18.4 Å². The van der Waals surface area contributed by atoms with Crippen molar-refractivity contribution in [1.82, 2.24) is 0 Å². The highest BCUT2D eigenvalue weighted by molar-refractivity contribution is 9.10. The van der Waals surface area contributed by atoms with Gasteiger partial charge in [0.1, 0.15) is 10.1 Å². The Morgan fingerprint density at radius 3 is 2.84 bits per heavy atom. The van der Waals surface area contributed by atoms with Gasteiger partial charge in [0, 0.05) is 4.47 Å². The lowest BCUT2D eigenvalue weighted by atomic mass is 10.1. The van der Waals surface area contributed by atoms with Gasteiger partial charge in [-0.2, -0.15) is 0 Å². The lowest BCUT2D eigenvalue weighted by molar-refractivity contribution is -0.107. The SMILES string of the molecule is CSC1=N/C(=C/c2cc3c(cc2Br)OCO3)C(=O)S1. The lowest BCUT2D eigenvalue weighted by Crippen LogP contribution is -1.92. The number of halogens is 1. The van der Waals surface area contributed by atoms with Gasteiger partial charge in [-0.3, -0.25) is 4.79 Å². The number of hydrogen-bond donors (Lipinski definition) is 0. The predicted molar refractivity (Wildman–Crippen MR) is 81.8 cm³/mol. The number of benzene rings is 1. The minimum Gasteiger partial charge on any atom is -0.454 e. The second-order valence-electron chi connectivity index (χ2n) is 3.73. The average molecular weight is 358 g/mol. The standard InChI is InChI=1S/C12H8BrNO3S2/c1-18-12-14-8(11(15)19-12)2-6-3-9-10(4-7(6)13)17-5-16-9/h2-4H,5H2,1H3/b8-2+. The number of rotatable bonds is 1. The number of ether oxygens (including phenoxy) is 2. The number of aliphatic imine (C=N–C) groups is 1. The Balaban J connectivity index is 2.00. The summed E-state index contributed by atoms with van der Waals surface area (Å²) in [5.74, 6) is 1.39. The van der Waals surface area contributed by atoms with Gasteiger partial charge in [-0.05, 0) is 41.8 Å². The third-order valence-corrected chi connectivity index (χ3v) is 5.10. The van der Waals surface area contributed by atoms with Gasteiger partial charge in [0.2, 0.25) is 11.9 Å². The normalized spacial score (nSPS) is 19.2. The van der Waals surface area contributed by atoms with Crippen LogP contribution in [-0.4, -0.2) is 22.5 Å². The van der Waals surface area contributed by atoms with Gasteiger partial charge >= 0.3 is 0 Å². The first-order valence-electron chi connectivity index (χ1n) is 5.33. The molecule has 1 aromatic carbocycles. The molecular formula is C12H8BrNO3S2. The van der Waals surface area contributed by atoms with Gasteiger partial charge in [0.25, 0.3) is 0 Å². The molecule has 0 saturated carbocycles. The van der Waals surface area contributed by atoms with Crippen molar-refractivity contribution >= 4 is 55.0 Å². The predicted octanol–water partition coefficient (Wildman–Crippen LogP) is 3.51. The number of thioether (sulfide) groups is 2. The third-order valence-electron chi connectivity index (χ3n) is 2.56. The fourth-order valence-electron chi connectivity index (χ4n) is 1.67. The summed E-state index contributed by atoms with van der Waals surface area (Å²) in [6, 6.07) is 3.67. The topological polar surface area (TPSA) is 47.9 Å². The molecule has 3 rings (SSSR count). The van der Waals surface area contributed by atoms with E-state index in [1.165, 1.54) is 11.8 Å². The molecule has 2 aliphatic rings. The largest absolute Gasteiger partial charge is 0.454 e. The van der Waals surface area contributed by atoms with Crippen LogP contribution in [-0.2, 0) is 4.79 Å². The zero-order valence-electron chi connectivity index (χ0n) is 9.81. The molecule has 0 bridgehead atoms. The number of nitrogens with zero attached hydrogens (tertiary/aromatic N) is 1. The fourth-order valence-corrected chi connectivity index (χ4v) is 3.37. The van der Waals surface area contributed by atoms with E-state index in [9.17, 15) is 4.79 Å². The van der Waals surface area contributed by atoms with E-state index in [-0.39, 0.29) is 11.9 Å². The molecule has 0 spiro atoms. The lowest BCUT2D eigenvalue weighted by Gasteiger charge is -2.02. The van der Waals surface area contributed by atoms with Crippen molar-refractivity contribution in [3.8, 4) is 11.5 Å². The summed E-state index contributed by atoms with van der Waals surface area (Å²) in [4.78, 5) is 16.1. The van der Waals surface area contributed by atoms with Crippen molar-refractivity contribution < 1.29 is 14.3 Å². The Labute approximate surface area is 126 Å². The Morgan fingerprint density at radius 1 is 1.42 bits per heavy atom. The van der Waals surface area contributed by atoms with Crippen molar-refractivity contribution in [2.45, 2.75) is 0 Å². The molecule has 1 aromatic rings. The van der Waals surface area contributed by atoms with Crippen molar-refractivity contribution in [3.05, 3.63) is 27.9 Å². The number of hydrogen-bond acceptors (Lipinski definition) is 6. The van der Waals surface area contributed by atoms with E-state index in [2.05, 4.69) is 20.9 Å². The highest BCUT2D eigenvalue weighted by Crippen LogP contribution is 2.38. The summed E-state index contributed by atoms with van der Waals surface area (Å²) in [5.41, 5.74) is 1.30. The molecule has 0 amide bonds. The maximum absolute atomic E-state index is 11.8. The minimum absolute atomic E-state index is 0.0334. The second-order valence-corrected chi connectivity index (χ2v) is 6.60. The molecule has 0 atom stereocenters. The summed E-state index contributed by atoms with van der Waals surface area (Å²) >= 11 is 6.09. The van der Waals surface area contributed by atoms with Crippen molar-refractivity contribution in [1.29, 1.82) is 0 Å². The molecule has 98 valence electrons. The maximum Gasteiger partial charge on any atom is 0.244 e. The first-order chi connectivity index (χ1) is 9.17. The molecule has 0 aromatic heterocycles. The van der Waals surface area contributed by atoms with Crippen LogP contribution in [0.4, 0.5) is 0 Å². The molecule has 4 nitrogen and oxygen atoms in total. The molecule has 0 aliphatic carbocycles. The van der Waals surface area contributed by atoms with Crippen molar-refractivity contribution in [2.75, 3.05) is 13.0 Å². The average Bonchev–Trinajstić information content (AvgIpc) is 2.97. The summed E-state index contributed by atoms with van der Waals surface area (Å²) in [7, 11) is 0. The molecule has 0 N–H and O–H groups in total. The minimum atomic E-state index is -0.0334. The molecule has 2 aliphatic heterocycles. The highest BCUT2D eigenvalue weighted by atomic mass is 79.9. The summed E-state index contributed by atoms with van der Waals surface area (Å²) in [6.45, 7) is 0.228. The maximum atomic E-state index is 11.8. The van der Waals surface area contributed by atoms with Crippen LogP contribution < -0.4 is 9.47 Å². The molecule has 0 saturated heterocycles. The Hall–Kier alpha value is -0.920. The zero-order chi connectivity index (χ0) is 13.4. The molecule has 19 heavy (non-hydrogen) atoms. The van der Waals surface area contributed by atoms with Crippen LogP contribution in [0, 0.1) is 0 Å². The Morgan fingerprint density at radius 2 is 2.16 bits per heavy atom. The molecule has 0 radical (unpaired) electrons. The number of fused-ring (bicyclic) bond motifs is 1. The summed E-state index contributed by atoms with van der Waals surface area (Å²) in [5, 5.41) is -0.0334. The van der Waals surface area contributed by atoms with Gasteiger partial charge in [0.15, 0.2) is 11.5 Å². The van der Waals surface area contributed by atoms with Gasteiger partial charge in [-0.1, -0.05) is 15.9 Å². The van der Waals surface area contributed by atoms with Crippen LogP contribution in [0.25, 0.3) is 6.08 Å². The summed E-state index contributed by atoms with van der Waals surface area (Å²) < 4.78 is 12.2. The molecule has 0 fully saturated rings. The van der Waals surface area contributed by atoms with Crippen LogP contribution in [0.5, 0.6) is 11.5 Å². The van der Waals surface area contributed by atoms with E-state index in [0.29, 0.717) is 17.2 Å². The summed E-state index contributed by atoms with van der Waals surface area (Å²) in [6.07, 6.45) is 3.66. The van der Waals surface area contributed by atoms with E-state index in [1.54, 1.807) is 6.08 Å². The monoisotopic (exact) mass is 357 g/mol. The number of carbonyl (C=O) groups excluding carboxylic acids is 1. The van der Waals surface area contributed by atoms with Gasteiger partial charge in [0.05, 0.1) is 0 Å². The van der Waals surface area contributed by atoms with Crippen molar-refractivity contribution in [2.24, 2.45) is 4.99 Å². The zero-order valence-corrected chi connectivity index (χ0v) is 13.0.